The van der Waals surface area contributed by atoms with Crippen molar-refractivity contribution in [2.45, 2.75) is 32.8 Å². The highest BCUT2D eigenvalue weighted by atomic mass is 16.3. The Labute approximate surface area is 120 Å². The topological polar surface area (TPSA) is 65.5 Å². The van der Waals surface area contributed by atoms with Gasteiger partial charge in [-0.1, -0.05) is 13.8 Å². The van der Waals surface area contributed by atoms with Gasteiger partial charge in [0.15, 0.2) is 0 Å². The molecule has 5 heteroatoms. The quantitative estimate of drug-likeness (QED) is 0.880. The molecule has 1 aromatic rings. The molecule has 1 aliphatic heterocycles. The van der Waals surface area contributed by atoms with Gasteiger partial charge in [-0.15, -0.1) is 0 Å². The zero-order valence-corrected chi connectivity index (χ0v) is 12.2. The van der Waals surface area contributed by atoms with Gasteiger partial charge in [-0.2, -0.15) is 0 Å². The van der Waals surface area contributed by atoms with Crippen molar-refractivity contribution in [2.75, 3.05) is 25.0 Å². The molecular weight excluding hydrogens is 254 g/mol. The number of hydrogen-bond donors (Lipinski definition) is 2. The fraction of sp³-hybridized carbons (Fsp3) is 0.600. The SMILES string of the molecule is CCCNc1ccncc1C(=O)N1CCC(C)C(O)C1. The van der Waals surface area contributed by atoms with Crippen LogP contribution in [-0.4, -0.2) is 46.6 Å². The molecule has 1 aliphatic rings. The molecule has 0 radical (unpaired) electrons. The van der Waals surface area contributed by atoms with E-state index in [2.05, 4.69) is 17.2 Å². The van der Waals surface area contributed by atoms with Gasteiger partial charge in [0.1, 0.15) is 0 Å². The minimum absolute atomic E-state index is 0.0531. The number of β-amino-alcohol motifs (C(OH)–C–C–N with tert-alkyl or cyclic N) is 1. The number of carbonyl (C=O) groups is 1. The van der Waals surface area contributed by atoms with E-state index in [1.54, 1.807) is 17.3 Å². The van der Waals surface area contributed by atoms with Crippen LogP contribution in [0.25, 0.3) is 0 Å². The van der Waals surface area contributed by atoms with Crippen LogP contribution in [0.15, 0.2) is 18.5 Å². The van der Waals surface area contributed by atoms with Crippen LogP contribution in [0.5, 0.6) is 0 Å². The third-order valence-corrected chi connectivity index (χ3v) is 3.82. The zero-order valence-electron chi connectivity index (χ0n) is 12.2. The van der Waals surface area contributed by atoms with Crippen molar-refractivity contribution in [3.05, 3.63) is 24.0 Å². The smallest absolute Gasteiger partial charge is 0.257 e. The first kappa shape index (κ1) is 14.8. The lowest BCUT2D eigenvalue weighted by molar-refractivity contribution is 0.0249. The molecule has 2 heterocycles. The molecule has 0 bridgehead atoms. The number of nitrogens with zero attached hydrogens (tertiary/aromatic N) is 2. The lowest BCUT2D eigenvalue weighted by Crippen LogP contribution is -2.46. The molecule has 1 fully saturated rings. The standard InChI is InChI=1S/C15H23N3O2/c1-3-6-17-13-4-7-16-9-12(13)15(20)18-8-5-11(2)14(19)10-18/h4,7,9,11,14,19H,3,5-6,8,10H2,1-2H3,(H,16,17). The molecule has 2 N–H and O–H groups in total. The largest absolute Gasteiger partial charge is 0.391 e. The van der Waals surface area contributed by atoms with Crippen LogP contribution in [-0.2, 0) is 0 Å². The van der Waals surface area contributed by atoms with E-state index in [1.165, 1.54) is 0 Å². The van der Waals surface area contributed by atoms with Crippen LogP contribution >= 0.6 is 0 Å². The molecule has 2 rings (SSSR count). The number of rotatable bonds is 4. The van der Waals surface area contributed by atoms with E-state index in [9.17, 15) is 9.90 Å². The first-order valence-electron chi connectivity index (χ1n) is 7.28. The van der Waals surface area contributed by atoms with Gasteiger partial charge < -0.3 is 15.3 Å². The minimum Gasteiger partial charge on any atom is -0.391 e. The number of hydrogen-bond acceptors (Lipinski definition) is 4. The summed E-state index contributed by atoms with van der Waals surface area (Å²) >= 11 is 0. The van der Waals surface area contributed by atoms with Crippen LogP contribution in [0.3, 0.4) is 0 Å². The summed E-state index contributed by atoms with van der Waals surface area (Å²) in [5.74, 6) is 0.202. The molecule has 0 spiro atoms. The predicted octanol–water partition coefficient (Wildman–Crippen LogP) is 1.75. The molecule has 110 valence electrons. The van der Waals surface area contributed by atoms with E-state index in [0.29, 0.717) is 18.7 Å². The molecule has 2 unspecified atom stereocenters. The summed E-state index contributed by atoms with van der Waals surface area (Å²) in [5, 5.41) is 13.2. The van der Waals surface area contributed by atoms with E-state index >= 15 is 0 Å². The Bertz CT molecular complexity index is 464. The average Bonchev–Trinajstić information content (AvgIpc) is 2.47. The Hall–Kier alpha value is -1.62. The monoisotopic (exact) mass is 277 g/mol. The first-order valence-corrected chi connectivity index (χ1v) is 7.28. The van der Waals surface area contributed by atoms with Gasteiger partial charge in [0, 0.05) is 32.0 Å². The lowest BCUT2D eigenvalue weighted by Gasteiger charge is -2.34. The van der Waals surface area contributed by atoms with Crippen LogP contribution in [0.4, 0.5) is 5.69 Å². The van der Waals surface area contributed by atoms with Crippen LogP contribution in [0.1, 0.15) is 37.0 Å². The second-order valence-corrected chi connectivity index (χ2v) is 5.43. The number of amides is 1. The highest BCUT2D eigenvalue weighted by molar-refractivity contribution is 5.99. The summed E-state index contributed by atoms with van der Waals surface area (Å²) in [7, 11) is 0. The van der Waals surface area contributed by atoms with Crippen molar-refractivity contribution in [1.29, 1.82) is 0 Å². The van der Waals surface area contributed by atoms with E-state index in [1.807, 2.05) is 13.0 Å². The summed E-state index contributed by atoms with van der Waals surface area (Å²) in [4.78, 5) is 18.3. The maximum Gasteiger partial charge on any atom is 0.257 e. The van der Waals surface area contributed by atoms with Crippen molar-refractivity contribution in [1.82, 2.24) is 9.88 Å². The summed E-state index contributed by atoms with van der Waals surface area (Å²) in [5.41, 5.74) is 1.41. The Morgan fingerprint density at radius 2 is 2.40 bits per heavy atom. The van der Waals surface area contributed by atoms with E-state index in [-0.39, 0.29) is 11.8 Å². The van der Waals surface area contributed by atoms with Gasteiger partial charge in [-0.05, 0) is 24.8 Å². The molecule has 0 aromatic carbocycles. The Morgan fingerprint density at radius 1 is 1.60 bits per heavy atom. The number of likely N-dealkylation sites (tertiary alicyclic amines) is 1. The van der Waals surface area contributed by atoms with Crippen molar-refractivity contribution in [2.24, 2.45) is 5.92 Å². The second kappa shape index (κ2) is 6.70. The van der Waals surface area contributed by atoms with Gasteiger partial charge in [0.2, 0.25) is 0 Å². The number of aliphatic hydroxyl groups is 1. The van der Waals surface area contributed by atoms with Crippen LogP contribution in [0.2, 0.25) is 0 Å². The first-order chi connectivity index (χ1) is 9.63. The maximum atomic E-state index is 12.6. The van der Waals surface area contributed by atoms with Gasteiger partial charge in [-0.3, -0.25) is 9.78 Å². The van der Waals surface area contributed by atoms with Gasteiger partial charge >= 0.3 is 0 Å². The van der Waals surface area contributed by atoms with E-state index < -0.39 is 6.10 Å². The molecular formula is C15H23N3O2. The van der Waals surface area contributed by atoms with Crippen molar-refractivity contribution in [3.63, 3.8) is 0 Å². The van der Waals surface area contributed by atoms with Crippen molar-refractivity contribution in [3.8, 4) is 0 Å². The molecule has 2 atom stereocenters. The number of aliphatic hydroxyl groups excluding tert-OH is 1. The minimum atomic E-state index is -0.434. The molecule has 20 heavy (non-hydrogen) atoms. The summed E-state index contributed by atoms with van der Waals surface area (Å²) in [6, 6.07) is 1.83. The lowest BCUT2D eigenvalue weighted by atomic mass is 9.95. The maximum absolute atomic E-state index is 12.6. The van der Waals surface area contributed by atoms with E-state index in [4.69, 9.17) is 0 Å². The molecule has 1 saturated heterocycles. The Balaban J connectivity index is 2.12. The fourth-order valence-electron chi connectivity index (χ4n) is 2.38. The molecule has 0 aliphatic carbocycles. The van der Waals surface area contributed by atoms with Gasteiger partial charge in [0.25, 0.3) is 5.91 Å². The predicted molar refractivity (Wildman–Crippen MR) is 78.7 cm³/mol. The third kappa shape index (κ3) is 3.28. The number of piperidine rings is 1. The highest BCUT2D eigenvalue weighted by Crippen LogP contribution is 2.21. The molecule has 1 amide bonds. The van der Waals surface area contributed by atoms with Crippen molar-refractivity contribution >= 4 is 11.6 Å². The average molecular weight is 277 g/mol. The summed E-state index contributed by atoms with van der Waals surface area (Å²) < 4.78 is 0. The number of pyridine rings is 1. The van der Waals surface area contributed by atoms with Gasteiger partial charge in [-0.25, -0.2) is 0 Å². The summed E-state index contributed by atoms with van der Waals surface area (Å²) in [6.45, 7) is 6.02. The Morgan fingerprint density at radius 3 is 3.10 bits per heavy atom. The molecule has 0 saturated carbocycles. The zero-order chi connectivity index (χ0) is 14.5. The van der Waals surface area contributed by atoms with Crippen LogP contribution in [0, 0.1) is 5.92 Å². The Kier molecular flexibility index (Phi) is 4.95. The number of nitrogens with one attached hydrogen (secondary N) is 1. The number of aromatic nitrogens is 1. The second-order valence-electron chi connectivity index (χ2n) is 5.43. The van der Waals surface area contributed by atoms with Crippen molar-refractivity contribution < 1.29 is 9.90 Å². The highest BCUT2D eigenvalue weighted by Gasteiger charge is 2.28. The van der Waals surface area contributed by atoms with Gasteiger partial charge in [0.05, 0.1) is 17.4 Å². The summed E-state index contributed by atoms with van der Waals surface area (Å²) in [6.07, 6.45) is 4.68. The fourth-order valence-corrected chi connectivity index (χ4v) is 2.38. The number of carbonyl (C=O) groups excluding carboxylic acids is 1. The third-order valence-electron chi connectivity index (χ3n) is 3.82. The molecule has 5 nitrogen and oxygen atoms in total. The van der Waals surface area contributed by atoms with Crippen LogP contribution < -0.4 is 5.32 Å². The number of anilines is 1. The molecule has 1 aromatic heterocycles. The van der Waals surface area contributed by atoms with E-state index in [0.717, 1.165) is 25.1 Å². The normalized spacial score (nSPS) is 22.6.